The zero-order chi connectivity index (χ0) is 20.9. The molecule has 8 heteroatoms. The first-order chi connectivity index (χ1) is 14.6. The third kappa shape index (κ3) is 5.39. The topological polar surface area (TPSA) is 71.3 Å². The molecule has 1 aliphatic heterocycles. The summed E-state index contributed by atoms with van der Waals surface area (Å²) in [6, 6.07) is 14.9. The zero-order valence-electron chi connectivity index (χ0n) is 16.4. The summed E-state index contributed by atoms with van der Waals surface area (Å²) in [6.07, 6.45) is 1.61. The largest absolute Gasteiger partial charge is 0.352 e. The number of benzene rings is 2. The Balaban J connectivity index is 1.24. The minimum atomic E-state index is 0.0262. The third-order valence-electron chi connectivity index (χ3n) is 5.25. The van der Waals surface area contributed by atoms with Crippen LogP contribution in [0, 0.1) is 5.92 Å². The number of hydrogen-bond acceptors (Lipinski definition) is 5. The fourth-order valence-electron chi connectivity index (χ4n) is 3.54. The summed E-state index contributed by atoms with van der Waals surface area (Å²) in [7, 11) is 0. The van der Waals surface area contributed by atoms with Gasteiger partial charge in [-0.2, -0.15) is 4.98 Å². The first-order valence-electron chi connectivity index (χ1n) is 9.90. The number of amides is 1. The van der Waals surface area contributed by atoms with Crippen molar-refractivity contribution in [2.75, 3.05) is 13.1 Å². The van der Waals surface area contributed by atoms with E-state index in [1.807, 2.05) is 48.5 Å². The molecule has 1 aliphatic rings. The third-order valence-corrected chi connectivity index (χ3v) is 5.74. The van der Waals surface area contributed by atoms with Crippen molar-refractivity contribution in [2.45, 2.75) is 25.9 Å². The summed E-state index contributed by atoms with van der Waals surface area (Å²) in [4.78, 5) is 19.2. The molecule has 0 bridgehead atoms. The molecule has 1 saturated heterocycles. The first-order valence-corrected chi connectivity index (χ1v) is 10.7. The van der Waals surface area contributed by atoms with Crippen LogP contribution in [0.3, 0.4) is 0 Å². The van der Waals surface area contributed by atoms with Crippen LogP contribution in [-0.4, -0.2) is 34.0 Å². The minimum Gasteiger partial charge on any atom is -0.352 e. The van der Waals surface area contributed by atoms with Crippen LogP contribution in [0.4, 0.5) is 0 Å². The molecular formula is C22H22Cl2N4O2. The van der Waals surface area contributed by atoms with Crippen LogP contribution in [0.25, 0.3) is 11.4 Å². The second-order valence-electron chi connectivity index (χ2n) is 7.42. The maximum atomic E-state index is 12.5. The molecule has 2 heterocycles. The summed E-state index contributed by atoms with van der Waals surface area (Å²) in [6.45, 7) is 2.72. The molecule has 4 rings (SSSR count). The van der Waals surface area contributed by atoms with Crippen LogP contribution >= 0.6 is 23.2 Å². The number of likely N-dealkylation sites (tertiary alicyclic amines) is 1. The molecule has 0 spiro atoms. The number of aromatic nitrogens is 2. The second-order valence-corrected chi connectivity index (χ2v) is 8.29. The standard InChI is InChI=1S/C22H22Cl2N4O2/c23-18-6-4-15(5-7-18)13-25-22(29)16-8-10-28(11-9-16)14-20-26-21(27-30-20)17-2-1-3-19(24)12-17/h1-7,12,16H,8-11,13-14H2,(H,25,29). The average Bonchev–Trinajstić information content (AvgIpc) is 3.22. The van der Waals surface area contributed by atoms with E-state index in [-0.39, 0.29) is 11.8 Å². The summed E-state index contributed by atoms with van der Waals surface area (Å²) in [5.74, 6) is 1.23. The van der Waals surface area contributed by atoms with E-state index >= 15 is 0 Å². The van der Waals surface area contributed by atoms with Crippen molar-refractivity contribution in [3.8, 4) is 11.4 Å². The highest BCUT2D eigenvalue weighted by molar-refractivity contribution is 6.31. The minimum absolute atomic E-state index is 0.0262. The van der Waals surface area contributed by atoms with Crippen molar-refractivity contribution in [3.63, 3.8) is 0 Å². The molecule has 156 valence electrons. The Bertz CT molecular complexity index is 998. The molecule has 3 aromatic rings. The Kier molecular flexibility index (Phi) is 6.67. The van der Waals surface area contributed by atoms with Gasteiger partial charge in [0.25, 0.3) is 0 Å². The number of rotatable bonds is 6. The molecule has 1 fully saturated rings. The normalized spacial score (nSPS) is 15.3. The number of carbonyl (C=O) groups excluding carboxylic acids is 1. The van der Waals surface area contributed by atoms with Gasteiger partial charge in [-0.1, -0.05) is 52.6 Å². The summed E-state index contributed by atoms with van der Waals surface area (Å²) in [5.41, 5.74) is 1.87. The van der Waals surface area contributed by atoms with Crippen LogP contribution in [0.2, 0.25) is 10.0 Å². The van der Waals surface area contributed by atoms with Crippen molar-refractivity contribution in [2.24, 2.45) is 5.92 Å². The van der Waals surface area contributed by atoms with Gasteiger partial charge in [0.15, 0.2) is 0 Å². The maximum absolute atomic E-state index is 12.5. The van der Waals surface area contributed by atoms with Gasteiger partial charge in [0.05, 0.1) is 6.54 Å². The lowest BCUT2D eigenvalue weighted by Crippen LogP contribution is -2.40. The number of nitrogens with one attached hydrogen (secondary N) is 1. The molecule has 0 unspecified atom stereocenters. The van der Waals surface area contributed by atoms with E-state index in [9.17, 15) is 4.79 Å². The summed E-state index contributed by atoms with van der Waals surface area (Å²) < 4.78 is 5.40. The van der Waals surface area contributed by atoms with Crippen LogP contribution in [0.15, 0.2) is 53.1 Å². The molecule has 2 aromatic carbocycles. The highest BCUT2D eigenvalue weighted by Crippen LogP contribution is 2.22. The van der Waals surface area contributed by atoms with E-state index in [4.69, 9.17) is 27.7 Å². The molecule has 30 heavy (non-hydrogen) atoms. The van der Waals surface area contributed by atoms with Crippen molar-refractivity contribution < 1.29 is 9.32 Å². The lowest BCUT2D eigenvalue weighted by molar-refractivity contribution is -0.126. The Hall–Kier alpha value is -2.41. The predicted molar refractivity (Wildman–Crippen MR) is 116 cm³/mol. The molecule has 0 aliphatic carbocycles. The Morgan fingerprint density at radius 3 is 2.60 bits per heavy atom. The lowest BCUT2D eigenvalue weighted by atomic mass is 9.96. The SMILES string of the molecule is O=C(NCc1ccc(Cl)cc1)C1CCN(Cc2nc(-c3cccc(Cl)c3)no2)CC1. The lowest BCUT2D eigenvalue weighted by Gasteiger charge is -2.30. The van der Waals surface area contributed by atoms with E-state index in [2.05, 4.69) is 20.4 Å². The number of halogens is 2. The van der Waals surface area contributed by atoms with Gasteiger partial charge in [-0.15, -0.1) is 0 Å². The second kappa shape index (κ2) is 9.60. The Morgan fingerprint density at radius 1 is 1.10 bits per heavy atom. The molecule has 1 aromatic heterocycles. The van der Waals surface area contributed by atoms with E-state index in [0.29, 0.717) is 34.8 Å². The summed E-state index contributed by atoms with van der Waals surface area (Å²) >= 11 is 11.9. The van der Waals surface area contributed by atoms with Gasteiger partial charge in [-0.05, 0) is 55.8 Å². The fourth-order valence-corrected chi connectivity index (χ4v) is 3.86. The molecular weight excluding hydrogens is 423 g/mol. The van der Waals surface area contributed by atoms with Gasteiger partial charge in [-0.3, -0.25) is 9.69 Å². The Labute approximate surface area is 185 Å². The number of carbonyl (C=O) groups is 1. The molecule has 1 N–H and O–H groups in total. The van der Waals surface area contributed by atoms with Crippen molar-refractivity contribution in [3.05, 3.63) is 70.0 Å². The predicted octanol–water partition coefficient (Wildman–Crippen LogP) is 4.57. The van der Waals surface area contributed by atoms with E-state index < -0.39 is 0 Å². The van der Waals surface area contributed by atoms with Gasteiger partial charge in [0, 0.05) is 28.1 Å². The van der Waals surface area contributed by atoms with Crippen LogP contribution < -0.4 is 5.32 Å². The molecule has 6 nitrogen and oxygen atoms in total. The first kappa shape index (κ1) is 20.8. The van der Waals surface area contributed by atoms with Gasteiger partial charge < -0.3 is 9.84 Å². The highest BCUT2D eigenvalue weighted by Gasteiger charge is 2.26. The maximum Gasteiger partial charge on any atom is 0.241 e. The molecule has 0 saturated carbocycles. The number of piperidine rings is 1. The van der Waals surface area contributed by atoms with E-state index in [0.717, 1.165) is 37.1 Å². The number of nitrogens with zero attached hydrogens (tertiary/aromatic N) is 3. The highest BCUT2D eigenvalue weighted by atomic mass is 35.5. The number of hydrogen-bond donors (Lipinski definition) is 1. The van der Waals surface area contributed by atoms with Gasteiger partial charge in [-0.25, -0.2) is 0 Å². The van der Waals surface area contributed by atoms with Crippen molar-refractivity contribution >= 4 is 29.1 Å². The van der Waals surface area contributed by atoms with Crippen LogP contribution in [0.5, 0.6) is 0 Å². The monoisotopic (exact) mass is 444 g/mol. The van der Waals surface area contributed by atoms with Crippen LogP contribution in [0.1, 0.15) is 24.3 Å². The van der Waals surface area contributed by atoms with Gasteiger partial charge in [0.1, 0.15) is 0 Å². The molecule has 1 amide bonds. The van der Waals surface area contributed by atoms with Crippen molar-refractivity contribution in [1.82, 2.24) is 20.4 Å². The summed E-state index contributed by atoms with van der Waals surface area (Å²) in [5, 5.41) is 8.40. The molecule has 0 atom stereocenters. The smallest absolute Gasteiger partial charge is 0.241 e. The Morgan fingerprint density at radius 2 is 1.87 bits per heavy atom. The molecule has 0 radical (unpaired) electrons. The van der Waals surface area contributed by atoms with E-state index in [1.54, 1.807) is 0 Å². The van der Waals surface area contributed by atoms with Crippen molar-refractivity contribution in [1.29, 1.82) is 0 Å². The van der Waals surface area contributed by atoms with Gasteiger partial charge >= 0.3 is 0 Å². The average molecular weight is 445 g/mol. The fraction of sp³-hybridized carbons (Fsp3) is 0.318. The van der Waals surface area contributed by atoms with E-state index in [1.165, 1.54) is 0 Å². The zero-order valence-corrected chi connectivity index (χ0v) is 17.9. The van der Waals surface area contributed by atoms with Crippen LogP contribution in [-0.2, 0) is 17.9 Å². The van der Waals surface area contributed by atoms with Gasteiger partial charge in [0.2, 0.25) is 17.6 Å². The quantitative estimate of drug-likeness (QED) is 0.602.